The Labute approximate surface area is 210 Å². The summed E-state index contributed by atoms with van der Waals surface area (Å²) in [5.74, 6) is 1.52. The van der Waals surface area contributed by atoms with Crippen molar-refractivity contribution in [3.63, 3.8) is 0 Å². The number of nitrogens with zero attached hydrogens (tertiary/aromatic N) is 3. The summed E-state index contributed by atoms with van der Waals surface area (Å²) in [5, 5.41) is 14.1. The van der Waals surface area contributed by atoms with Crippen LogP contribution in [0, 0.1) is 0 Å². The molecule has 1 fully saturated rings. The molecule has 0 unspecified atom stereocenters. The molecule has 1 amide bonds. The number of aromatic amines is 1. The first kappa shape index (κ1) is 23.1. The van der Waals surface area contributed by atoms with Gasteiger partial charge in [0.2, 0.25) is 5.91 Å². The molecule has 11 heteroatoms. The highest BCUT2D eigenvalue weighted by Crippen LogP contribution is 2.65. The summed E-state index contributed by atoms with van der Waals surface area (Å²) in [6, 6.07) is 11.4. The number of benzene rings is 2. The molecule has 37 heavy (non-hydrogen) atoms. The number of aromatic nitrogens is 4. The van der Waals surface area contributed by atoms with Crippen molar-refractivity contribution >= 4 is 34.1 Å². The quantitative estimate of drug-likeness (QED) is 0.315. The molecule has 2 aromatic carbocycles. The number of ether oxygens (including phenoxy) is 2. The maximum Gasteiger partial charge on any atom is 0.387 e. The highest BCUT2D eigenvalue weighted by atomic mass is 19.3. The van der Waals surface area contributed by atoms with Gasteiger partial charge in [-0.1, -0.05) is 19.9 Å². The van der Waals surface area contributed by atoms with Gasteiger partial charge >= 0.3 is 6.61 Å². The van der Waals surface area contributed by atoms with E-state index >= 15 is 0 Å². The Balaban J connectivity index is 1.31. The number of rotatable bonds is 7. The predicted octanol–water partition coefficient (Wildman–Crippen LogP) is 5.21. The van der Waals surface area contributed by atoms with Gasteiger partial charge in [-0.2, -0.15) is 13.9 Å². The van der Waals surface area contributed by atoms with Gasteiger partial charge in [-0.15, -0.1) is 0 Å². The summed E-state index contributed by atoms with van der Waals surface area (Å²) in [7, 11) is 1.61. The number of alkyl halides is 2. The number of carbonyl (C=O) groups excluding carboxylic acids is 1. The van der Waals surface area contributed by atoms with E-state index in [1.807, 2.05) is 50.2 Å². The predicted molar refractivity (Wildman–Crippen MR) is 133 cm³/mol. The number of hydrogen-bond donors (Lipinski definition) is 3. The molecular formula is C26H24F2N6O3. The van der Waals surface area contributed by atoms with Crippen LogP contribution in [-0.4, -0.2) is 39.8 Å². The highest BCUT2D eigenvalue weighted by Gasteiger charge is 2.65. The maximum atomic E-state index is 13.0. The van der Waals surface area contributed by atoms with Crippen LogP contribution >= 0.6 is 0 Å². The van der Waals surface area contributed by atoms with Crippen molar-refractivity contribution in [2.45, 2.75) is 44.1 Å². The van der Waals surface area contributed by atoms with Gasteiger partial charge in [-0.3, -0.25) is 9.89 Å². The molecule has 4 aromatic rings. The van der Waals surface area contributed by atoms with E-state index in [0.717, 1.165) is 27.7 Å². The molecule has 3 N–H and O–H groups in total. The molecule has 1 aliphatic heterocycles. The van der Waals surface area contributed by atoms with Crippen molar-refractivity contribution in [1.82, 2.24) is 20.2 Å². The molecule has 0 saturated heterocycles. The summed E-state index contributed by atoms with van der Waals surface area (Å²) in [6.45, 7) is 0.792. The third-order valence-electron chi connectivity index (χ3n) is 7.05. The van der Waals surface area contributed by atoms with Gasteiger partial charge in [-0.05, 0) is 47.9 Å². The summed E-state index contributed by atoms with van der Waals surface area (Å²) in [6.07, 6.45) is 1.92. The van der Waals surface area contributed by atoms with Crippen molar-refractivity contribution in [3.05, 3.63) is 59.5 Å². The van der Waals surface area contributed by atoms with E-state index < -0.39 is 12.0 Å². The second kappa shape index (κ2) is 8.39. The molecule has 2 atom stereocenters. The zero-order valence-corrected chi connectivity index (χ0v) is 20.3. The molecule has 2 aromatic heterocycles. The molecule has 6 rings (SSSR count). The second-order valence-corrected chi connectivity index (χ2v) is 9.57. The summed E-state index contributed by atoms with van der Waals surface area (Å²) >= 11 is 0. The lowest BCUT2D eigenvalue weighted by Crippen LogP contribution is -2.21. The standard InChI is InChI=1S/C26H24F2N6O3/c1-12(2)21-29-11-20(37-25(27)28)23(31-21)32-22-15-6-4-13(8-19(15)33-34-22)17-10-26(17)16-9-14(36-3)5-7-18(16)30-24(26)35/h4-9,11-12,17,25H,10H2,1-3H3,(H,30,35)(H2,29,31,32,33,34)/t17-,26-/m0/s1. The largest absolute Gasteiger partial charge is 0.497 e. The van der Waals surface area contributed by atoms with Crippen molar-refractivity contribution in [2.75, 3.05) is 17.7 Å². The van der Waals surface area contributed by atoms with Gasteiger partial charge in [0.25, 0.3) is 0 Å². The molecule has 9 nitrogen and oxygen atoms in total. The smallest absolute Gasteiger partial charge is 0.387 e. The van der Waals surface area contributed by atoms with Gasteiger partial charge < -0.3 is 20.1 Å². The van der Waals surface area contributed by atoms with Gasteiger partial charge in [0, 0.05) is 22.9 Å². The van der Waals surface area contributed by atoms with E-state index in [2.05, 4.69) is 35.5 Å². The average molecular weight is 507 g/mol. The number of carbonyl (C=O) groups is 1. The minimum atomic E-state index is -3.02. The van der Waals surface area contributed by atoms with Gasteiger partial charge in [0.05, 0.1) is 24.2 Å². The fourth-order valence-electron chi connectivity index (χ4n) is 5.09. The first-order valence-corrected chi connectivity index (χ1v) is 11.9. The average Bonchev–Trinajstić information content (AvgIpc) is 3.43. The van der Waals surface area contributed by atoms with E-state index in [1.165, 1.54) is 6.20 Å². The minimum Gasteiger partial charge on any atom is -0.497 e. The molecule has 190 valence electrons. The first-order chi connectivity index (χ1) is 17.8. The van der Waals surface area contributed by atoms with E-state index in [1.54, 1.807) is 7.11 Å². The summed E-state index contributed by atoms with van der Waals surface area (Å²) < 4.78 is 35.9. The Morgan fingerprint density at radius 1 is 1.16 bits per heavy atom. The number of amides is 1. The van der Waals surface area contributed by atoms with Crippen LogP contribution in [0.4, 0.5) is 26.1 Å². The summed E-state index contributed by atoms with van der Waals surface area (Å²) in [5.41, 5.74) is 2.88. The fraction of sp³-hybridized carbons (Fsp3) is 0.308. The fourth-order valence-corrected chi connectivity index (χ4v) is 5.09. The van der Waals surface area contributed by atoms with Crippen LogP contribution in [0.1, 0.15) is 49.1 Å². The molecule has 1 saturated carbocycles. The lowest BCUT2D eigenvalue weighted by atomic mass is 9.91. The first-order valence-electron chi connectivity index (χ1n) is 11.9. The van der Waals surface area contributed by atoms with Crippen molar-refractivity contribution in [1.29, 1.82) is 0 Å². The van der Waals surface area contributed by atoms with Crippen LogP contribution in [0.3, 0.4) is 0 Å². The number of anilines is 3. The Hall–Kier alpha value is -4.28. The van der Waals surface area contributed by atoms with Crippen LogP contribution < -0.4 is 20.1 Å². The third-order valence-corrected chi connectivity index (χ3v) is 7.05. The van der Waals surface area contributed by atoms with Crippen LogP contribution in [0.5, 0.6) is 11.5 Å². The molecule has 1 spiro atoms. The highest BCUT2D eigenvalue weighted by molar-refractivity contribution is 6.10. The van der Waals surface area contributed by atoms with E-state index in [4.69, 9.17) is 4.74 Å². The number of methoxy groups -OCH3 is 1. The third kappa shape index (κ3) is 3.73. The normalized spacial score (nSPS) is 20.0. The molecule has 2 aliphatic rings. The number of halogens is 2. The molecule has 3 heterocycles. The lowest BCUT2D eigenvalue weighted by molar-refractivity contribution is -0.118. The zero-order chi connectivity index (χ0) is 25.9. The minimum absolute atomic E-state index is 0.00599. The Bertz CT molecular complexity index is 1540. The topological polar surface area (TPSA) is 114 Å². The molecular weight excluding hydrogens is 482 g/mol. The van der Waals surface area contributed by atoms with Crippen LogP contribution in [0.25, 0.3) is 10.9 Å². The Morgan fingerprint density at radius 2 is 2.00 bits per heavy atom. The zero-order valence-electron chi connectivity index (χ0n) is 20.3. The molecule has 0 bridgehead atoms. The SMILES string of the molecule is COc1ccc2c(c1)[C@]1(C[C@H]1c1ccc3c(Nc4nc(C(C)C)ncc4OC(F)F)n[nH]c3c1)C(=O)N2. The number of nitrogens with one attached hydrogen (secondary N) is 3. The van der Waals surface area contributed by atoms with Crippen molar-refractivity contribution < 1.29 is 23.0 Å². The Morgan fingerprint density at radius 3 is 2.76 bits per heavy atom. The van der Waals surface area contributed by atoms with Crippen molar-refractivity contribution in [2.24, 2.45) is 0 Å². The maximum absolute atomic E-state index is 13.0. The monoisotopic (exact) mass is 506 g/mol. The molecule has 1 aliphatic carbocycles. The van der Waals surface area contributed by atoms with E-state index in [0.29, 0.717) is 23.8 Å². The van der Waals surface area contributed by atoms with E-state index in [9.17, 15) is 13.6 Å². The Kier molecular flexibility index (Phi) is 5.25. The number of H-pyrrole nitrogens is 1. The van der Waals surface area contributed by atoms with Crippen molar-refractivity contribution in [3.8, 4) is 11.5 Å². The summed E-state index contributed by atoms with van der Waals surface area (Å²) in [4.78, 5) is 21.5. The second-order valence-electron chi connectivity index (χ2n) is 9.57. The van der Waals surface area contributed by atoms with Crippen LogP contribution in [0.15, 0.2) is 42.6 Å². The number of hydrogen-bond acceptors (Lipinski definition) is 7. The number of fused-ring (bicyclic) bond motifs is 3. The molecule has 0 radical (unpaired) electrons. The van der Waals surface area contributed by atoms with Crippen LogP contribution in [0.2, 0.25) is 0 Å². The van der Waals surface area contributed by atoms with Gasteiger partial charge in [0.15, 0.2) is 17.4 Å². The van der Waals surface area contributed by atoms with Gasteiger partial charge in [-0.25, -0.2) is 9.97 Å². The van der Waals surface area contributed by atoms with Gasteiger partial charge in [0.1, 0.15) is 11.6 Å². The van der Waals surface area contributed by atoms with Crippen LogP contribution in [-0.2, 0) is 10.2 Å². The van der Waals surface area contributed by atoms with E-state index in [-0.39, 0.29) is 29.3 Å². The lowest BCUT2D eigenvalue weighted by Gasteiger charge is -2.13.